The highest BCUT2D eigenvalue weighted by atomic mass is 16.4. The molecule has 0 saturated heterocycles. The van der Waals surface area contributed by atoms with Gasteiger partial charge in [-0.2, -0.15) is 5.10 Å². The van der Waals surface area contributed by atoms with Crippen LogP contribution in [0.4, 0.5) is 0 Å². The molecule has 0 spiro atoms. The molecule has 0 fully saturated rings. The van der Waals surface area contributed by atoms with Gasteiger partial charge in [0.1, 0.15) is 12.2 Å². The summed E-state index contributed by atoms with van der Waals surface area (Å²) in [5.74, 6) is -1.23. The smallest absolute Gasteiger partial charge is 0.311 e. The summed E-state index contributed by atoms with van der Waals surface area (Å²) in [5.41, 5.74) is 2.52. The summed E-state index contributed by atoms with van der Waals surface area (Å²) in [7, 11) is 0. The van der Waals surface area contributed by atoms with Crippen molar-refractivity contribution in [1.82, 2.24) is 15.1 Å². The van der Waals surface area contributed by atoms with E-state index < -0.39 is 5.97 Å². The fourth-order valence-corrected chi connectivity index (χ4v) is 2.66. The average Bonchev–Trinajstić information content (AvgIpc) is 3.01. The van der Waals surface area contributed by atoms with Crippen LogP contribution in [0.3, 0.4) is 0 Å². The second-order valence-corrected chi connectivity index (χ2v) is 7.27. The second kappa shape index (κ2) is 6.74. The largest absolute Gasteiger partial charge is 0.481 e. The normalized spacial score (nSPS) is 12.9. The van der Waals surface area contributed by atoms with E-state index in [1.54, 1.807) is 6.92 Å². The Morgan fingerprint density at radius 1 is 1.36 bits per heavy atom. The van der Waals surface area contributed by atoms with Crippen LogP contribution in [0.5, 0.6) is 0 Å². The molecule has 1 amide bonds. The molecule has 0 aliphatic heterocycles. The Morgan fingerprint density at radius 3 is 2.52 bits per heavy atom. The van der Waals surface area contributed by atoms with Gasteiger partial charge in [0.05, 0.1) is 29.1 Å². The molecule has 0 aliphatic rings. The third-order valence-corrected chi connectivity index (χ3v) is 4.03. The number of aryl methyl sites for hydroxylation is 2. The summed E-state index contributed by atoms with van der Waals surface area (Å²) < 4.78 is 7.10. The van der Waals surface area contributed by atoms with E-state index in [4.69, 9.17) is 9.52 Å². The number of nitrogens with zero attached hydrogens (tertiary/aromatic N) is 2. The Labute approximate surface area is 147 Å². The monoisotopic (exact) mass is 347 g/mol. The van der Waals surface area contributed by atoms with Crippen LogP contribution in [-0.4, -0.2) is 26.8 Å². The van der Waals surface area contributed by atoms with Gasteiger partial charge >= 0.3 is 5.97 Å². The highest BCUT2D eigenvalue weighted by Crippen LogP contribution is 2.23. The molecule has 0 bridgehead atoms. The summed E-state index contributed by atoms with van der Waals surface area (Å²) >= 11 is 0. The zero-order chi connectivity index (χ0) is 18.9. The number of carbonyl (C=O) groups excluding carboxylic acids is 1. The molecule has 0 aliphatic carbocycles. The van der Waals surface area contributed by atoms with Crippen LogP contribution in [0.1, 0.15) is 66.7 Å². The zero-order valence-electron chi connectivity index (χ0n) is 15.5. The van der Waals surface area contributed by atoms with Gasteiger partial charge in [-0.05, 0) is 41.5 Å². The number of aliphatic carboxylic acids is 1. The summed E-state index contributed by atoms with van der Waals surface area (Å²) in [6.07, 6.45) is 3.01. The molecule has 25 heavy (non-hydrogen) atoms. The Kier molecular flexibility index (Phi) is 5.06. The highest BCUT2D eigenvalue weighted by Gasteiger charge is 2.24. The molecule has 136 valence electrons. The molecule has 7 heteroatoms. The Bertz CT molecular complexity index is 796. The standard InChI is InChI=1S/C18H25N3O4/c1-10-9-25-14(7-15(22)23)16(10)17(24)19-11(2)13-8-21(18(4,5)6)20-12(13)3/h8-9,11H,7H2,1-6H3,(H,19,24)(H,22,23). The summed E-state index contributed by atoms with van der Waals surface area (Å²) in [6.45, 7) is 11.7. The maximum absolute atomic E-state index is 12.6. The second-order valence-electron chi connectivity index (χ2n) is 7.27. The van der Waals surface area contributed by atoms with Crippen LogP contribution >= 0.6 is 0 Å². The van der Waals surface area contributed by atoms with E-state index in [9.17, 15) is 9.59 Å². The summed E-state index contributed by atoms with van der Waals surface area (Å²) in [5, 5.41) is 16.4. The van der Waals surface area contributed by atoms with Gasteiger partial charge in [-0.15, -0.1) is 0 Å². The van der Waals surface area contributed by atoms with E-state index in [-0.39, 0.29) is 35.2 Å². The first kappa shape index (κ1) is 18.8. The van der Waals surface area contributed by atoms with E-state index in [1.165, 1.54) is 6.26 Å². The van der Waals surface area contributed by atoms with Gasteiger partial charge in [0.25, 0.3) is 5.91 Å². The van der Waals surface area contributed by atoms with Crippen LogP contribution in [0, 0.1) is 13.8 Å². The topological polar surface area (TPSA) is 97.4 Å². The van der Waals surface area contributed by atoms with Crippen molar-refractivity contribution in [1.29, 1.82) is 0 Å². The Balaban J connectivity index is 2.23. The quantitative estimate of drug-likeness (QED) is 0.866. The summed E-state index contributed by atoms with van der Waals surface area (Å²) in [4.78, 5) is 23.6. The average molecular weight is 347 g/mol. The van der Waals surface area contributed by atoms with Crippen molar-refractivity contribution in [3.63, 3.8) is 0 Å². The fourth-order valence-electron chi connectivity index (χ4n) is 2.66. The predicted molar refractivity (Wildman–Crippen MR) is 92.6 cm³/mol. The molecule has 0 radical (unpaired) electrons. The van der Waals surface area contributed by atoms with Gasteiger partial charge in [0.2, 0.25) is 0 Å². The van der Waals surface area contributed by atoms with Crippen LogP contribution in [0.15, 0.2) is 16.9 Å². The van der Waals surface area contributed by atoms with Crippen LogP contribution < -0.4 is 5.32 Å². The van der Waals surface area contributed by atoms with E-state index in [0.717, 1.165) is 11.3 Å². The van der Waals surface area contributed by atoms with E-state index >= 15 is 0 Å². The third-order valence-electron chi connectivity index (χ3n) is 4.03. The zero-order valence-corrected chi connectivity index (χ0v) is 15.5. The van der Waals surface area contributed by atoms with Gasteiger partial charge in [-0.1, -0.05) is 0 Å². The molecule has 2 aromatic rings. The maximum atomic E-state index is 12.6. The first-order valence-corrected chi connectivity index (χ1v) is 8.17. The van der Waals surface area contributed by atoms with Crippen LogP contribution in [-0.2, 0) is 16.8 Å². The van der Waals surface area contributed by atoms with E-state index in [2.05, 4.69) is 31.2 Å². The van der Waals surface area contributed by atoms with Crippen LogP contribution in [0.25, 0.3) is 0 Å². The number of carboxylic acids is 1. The van der Waals surface area contributed by atoms with Crippen molar-refractivity contribution in [2.24, 2.45) is 0 Å². The van der Waals surface area contributed by atoms with Crippen molar-refractivity contribution in [3.05, 3.63) is 40.6 Å². The molecular weight excluding hydrogens is 322 g/mol. The lowest BCUT2D eigenvalue weighted by molar-refractivity contribution is -0.136. The number of amides is 1. The first-order chi connectivity index (χ1) is 11.5. The number of nitrogens with one attached hydrogen (secondary N) is 1. The molecule has 2 aromatic heterocycles. The number of carboxylic acid groups (broad SMARTS) is 1. The van der Waals surface area contributed by atoms with Gasteiger partial charge < -0.3 is 14.8 Å². The molecule has 7 nitrogen and oxygen atoms in total. The van der Waals surface area contributed by atoms with Crippen molar-refractivity contribution in [2.75, 3.05) is 0 Å². The van der Waals surface area contributed by atoms with Crippen molar-refractivity contribution in [3.8, 4) is 0 Å². The molecule has 2 heterocycles. The Morgan fingerprint density at radius 2 is 2.00 bits per heavy atom. The number of furan rings is 1. The molecular formula is C18H25N3O4. The van der Waals surface area contributed by atoms with Crippen molar-refractivity contribution >= 4 is 11.9 Å². The molecule has 1 atom stereocenters. The number of rotatable bonds is 5. The van der Waals surface area contributed by atoms with E-state index in [0.29, 0.717) is 5.56 Å². The predicted octanol–water partition coefficient (Wildman–Crippen LogP) is 2.97. The van der Waals surface area contributed by atoms with Gasteiger partial charge in [-0.3, -0.25) is 14.3 Å². The minimum atomic E-state index is -1.04. The minimum absolute atomic E-state index is 0.150. The Hall–Kier alpha value is -2.57. The first-order valence-electron chi connectivity index (χ1n) is 8.17. The minimum Gasteiger partial charge on any atom is -0.481 e. The molecule has 2 rings (SSSR count). The third kappa shape index (κ3) is 4.10. The maximum Gasteiger partial charge on any atom is 0.311 e. The van der Waals surface area contributed by atoms with Gasteiger partial charge in [0.15, 0.2) is 0 Å². The molecule has 0 aromatic carbocycles. The summed E-state index contributed by atoms with van der Waals surface area (Å²) in [6, 6.07) is -0.268. The fraction of sp³-hybridized carbons (Fsp3) is 0.500. The lowest BCUT2D eigenvalue weighted by Gasteiger charge is -2.19. The lowest BCUT2D eigenvalue weighted by atomic mass is 10.1. The lowest BCUT2D eigenvalue weighted by Crippen LogP contribution is -2.28. The number of hydrogen-bond acceptors (Lipinski definition) is 4. The van der Waals surface area contributed by atoms with E-state index in [1.807, 2.05) is 24.7 Å². The van der Waals surface area contributed by atoms with Crippen LogP contribution in [0.2, 0.25) is 0 Å². The molecule has 2 N–H and O–H groups in total. The number of carbonyl (C=O) groups is 2. The van der Waals surface area contributed by atoms with Gasteiger partial charge in [-0.25, -0.2) is 0 Å². The number of hydrogen-bond donors (Lipinski definition) is 2. The van der Waals surface area contributed by atoms with Crippen molar-refractivity contribution < 1.29 is 19.1 Å². The van der Waals surface area contributed by atoms with Crippen molar-refractivity contribution in [2.45, 2.75) is 59.5 Å². The highest BCUT2D eigenvalue weighted by molar-refractivity contribution is 5.97. The number of aromatic nitrogens is 2. The van der Waals surface area contributed by atoms with Gasteiger partial charge in [0, 0.05) is 17.3 Å². The molecule has 1 unspecified atom stereocenters. The molecule has 0 saturated carbocycles. The SMILES string of the molecule is Cc1coc(CC(=O)O)c1C(=O)NC(C)c1cn(C(C)(C)C)nc1C.